The molecular formula is C20H22N4OS2. The van der Waals surface area contributed by atoms with Crippen molar-refractivity contribution in [3.63, 3.8) is 0 Å². The third-order valence-electron chi connectivity index (χ3n) is 5.17. The Kier molecular flexibility index (Phi) is 5.31. The number of carbonyl (C=O) groups excluding carboxylic acids is 1. The van der Waals surface area contributed by atoms with E-state index in [1.165, 1.54) is 33.7 Å². The van der Waals surface area contributed by atoms with E-state index in [-0.39, 0.29) is 5.91 Å². The Hall–Kier alpha value is -2.12. The molecule has 27 heavy (non-hydrogen) atoms. The molecule has 1 fully saturated rings. The maximum absolute atomic E-state index is 12.7. The van der Waals surface area contributed by atoms with Crippen LogP contribution in [0, 0.1) is 6.92 Å². The van der Waals surface area contributed by atoms with Gasteiger partial charge in [0.25, 0.3) is 5.91 Å². The fourth-order valence-corrected chi connectivity index (χ4v) is 4.92. The molecule has 0 atom stereocenters. The molecule has 0 aliphatic carbocycles. The number of rotatable bonds is 4. The van der Waals surface area contributed by atoms with Gasteiger partial charge in [-0.15, -0.1) is 11.3 Å². The van der Waals surface area contributed by atoms with Crippen LogP contribution in [-0.4, -0.2) is 45.3 Å². The van der Waals surface area contributed by atoms with Gasteiger partial charge in [0.05, 0.1) is 6.20 Å². The summed E-state index contributed by atoms with van der Waals surface area (Å²) in [6.07, 6.45) is 5.78. The summed E-state index contributed by atoms with van der Waals surface area (Å²) in [5, 5.41) is 9.40. The van der Waals surface area contributed by atoms with E-state index in [1.54, 1.807) is 11.8 Å². The van der Waals surface area contributed by atoms with Crippen molar-refractivity contribution < 1.29 is 4.79 Å². The quantitative estimate of drug-likeness (QED) is 0.653. The molecule has 0 radical (unpaired) electrons. The number of thiazole rings is 1. The van der Waals surface area contributed by atoms with Gasteiger partial charge in [0.2, 0.25) is 0 Å². The van der Waals surface area contributed by atoms with Gasteiger partial charge in [0.15, 0.2) is 0 Å². The number of benzene rings is 1. The van der Waals surface area contributed by atoms with Crippen molar-refractivity contribution >= 4 is 29.0 Å². The molecule has 0 unspecified atom stereocenters. The Balaban J connectivity index is 1.47. The zero-order valence-corrected chi connectivity index (χ0v) is 17.1. The first-order valence-electron chi connectivity index (χ1n) is 9.05. The van der Waals surface area contributed by atoms with Crippen LogP contribution in [-0.2, 0) is 0 Å². The number of aromatic amines is 1. The van der Waals surface area contributed by atoms with Crippen molar-refractivity contribution in [2.75, 3.05) is 19.3 Å². The van der Waals surface area contributed by atoms with Crippen molar-refractivity contribution in [3.8, 4) is 11.1 Å². The summed E-state index contributed by atoms with van der Waals surface area (Å²) in [5.41, 5.74) is 5.43. The summed E-state index contributed by atoms with van der Waals surface area (Å²) < 4.78 is 0.938. The highest BCUT2D eigenvalue weighted by Gasteiger charge is 2.28. The number of nitrogens with one attached hydrogen (secondary N) is 1. The van der Waals surface area contributed by atoms with Crippen molar-refractivity contribution in [3.05, 3.63) is 52.8 Å². The lowest BCUT2D eigenvalue weighted by molar-refractivity contribution is 0.0706. The number of hydrogen-bond acceptors (Lipinski definition) is 5. The van der Waals surface area contributed by atoms with E-state index in [4.69, 9.17) is 0 Å². The standard InChI is InChI=1S/C20H22N4OS2/c1-13-5-3-4-6-15(13)16-11-21-23-18(16)14-7-9-24(10-8-14)19(25)17-12-27-20(22-17)26-2/h3-6,11-12,14H,7-10H2,1-2H3,(H,21,23). The molecule has 2 aromatic heterocycles. The number of likely N-dealkylation sites (tertiary alicyclic amines) is 1. The molecule has 1 N–H and O–H groups in total. The number of aromatic nitrogens is 3. The predicted molar refractivity (Wildman–Crippen MR) is 111 cm³/mol. The van der Waals surface area contributed by atoms with E-state index in [0.717, 1.165) is 30.3 Å². The molecule has 4 rings (SSSR count). The number of amides is 1. The van der Waals surface area contributed by atoms with Crippen molar-refractivity contribution in [1.29, 1.82) is 0 Å². The van der Waals surface area contributed by atoms with Crippen LogP contribution in [0.4, 0.5) is 0 Å². The maximum atomic E-state index is 12.7. The molecule has 0 spiro atoms. The molecule has 3 heterocycles. The molecule has 140 valence electrons. The normalized spacial score (nSPS) is 15.3. The number of hydrogen-bond donors (Lipinski definition) is 1. The lowest BCUT2D eigenvalue weighted by atomic mass is 9.88. The second-order valence-electron chi connectivity index (χ2n) is 6.78. The molecule has 1 aliphatic rings. The summed E-state index contributed by atoms with van der Waals surface area (Å²) >= 11 is 3.11. The van der Waals surface area contributed by atoms with Gasteiger partial charge in [-0.1, -0.05) is 36.0 Å². The predicted octanol–water partition coefficient (Wildman–Crippen LogP) is 4.58. The number of piperidine rings is 1. The molecule has 7 heteroatoms. The monoisotopic (exact) mass is 398 g/mol. The number of carbonyl (C=O) groups is 1. The number of aryl methyl sites for hydroxylation is 1. The Morgan fingerprint density at radius 1 is 1.26 bits per heavy atom. The summed E-state index contributed by atoms with van der Waals surface area (Å²) in [6, 6.07) is 8.40. The smallest absolute Gasteiger partial charge is 0.273 e. The van der Waals surface area contributed by atoms with Crippen LogP contribution in [0.3, 0.4) is 0 Å². The molecule has 1 aromatic carbocycles. The van der Waals surface area contributed by atoms with Crippen molar-refractivity contribution in [1.82, 2.24) is 20.1 Å². The fraction of sp³-hybridized carbons (Fsp3) is 0.350. The van der Waals surface area contributed by atoms with Crippen molar-refractivity contribution in [2.24, 2.45) is 0 Å². The van der Waals surface area contributed by atoms with Gasteiger partial charge < -0.3 is 4.90 Å². The average molecular weight is 399 g/mol. The van der Waals surface area contributed by atoms with Gasteiger partial charge in [-0.2, -0.15) is 5.10 Å². The van der Waals surface area contributed by atoms with Crippen LogP contribution < -0.4 is 0 Å². The molecule has 0 bridgehead atoms. The number of nitrogens with zero attached hydrogens (tertiary/aromatic N) is 3. The first kappa shape index (κ1) is 18.3. The van der Waals surface area contributed by atoms with Crippen LogP contribution in [0.5, 0.6) is 0 Å². The minimum Gasteiger partial charge on any atom is -0.337 e. The van der Waals surface area contributed by atoms with E-state index < -0.39 is 0 Å². The Labute approximate surface area is 167 Å². The summed E-state index contributed by atoms with van der Waals surface area (Å²) in [5.74, 6) is 0.442. The SMILES string of the molecule is CSc1nc(C(=O)N2CCC(c3[nH]ncc3-c3ccccc3C)CC2)cs1. The maximum Gasteiger partial charge on any atom is 0.273 e. The van der Waals surface area contributed by atoms with Crippen LogP contribution in [0.2, 0.25) is 0 Å². The first-order chi connectivity index (χ1) is 13.2. The van der Waals surface area contributed by atoms with E-state index in [0.29, 0.717) is 11.6 Å². The van der Waals surface area contributed by atoms with Crippen LogP contribution in [0.1, 0.15) is 40.5 Å². The van der Waals surface area contributed by atoms with Gasteiger partial charge in [-0.05, 0) is 37.1 Å². The van der Waals surface area contributed by atoms with Gasteiger partial charge in [0, 0.05) is 35.6 Å². The first-order valence-corrected chi connectivity index (χ1v) is 11.2. The lowest BCUT2D eigenvalue weighted by Crippen LogP contribution is -2.38. The molecular weight excluding hydrogens is 376 g/mol. The summed E-state index contributed by atoms with van der Waals surface area (Å²) in [4.78, 5) is 19.0. The minimum absolute atomic E-state index is 0.0498. The highest BCUT2D eigenvalue weighted by atomic mass is 32.2. The Bertz CT molecular complexity index is 941. The second kappa shape index (κ2) is 7.86. The summed E-state index contributed by atoms with van der Waals surface area (Å²) in [7, 11) is 0. The Morgan fingerprint density at radius 2 is 2.04 bits per heavy atom. The fourth-order valence-electron chi connectivity index (χ4n) is 3.68. The van der Waals surface area contributed by atoms with Gasteiger partial charge in [0.1, 0.15) is 10.0 Å². The zero-order valence-electron chi connectivity index (χ0n) is 15.4. The van der Waals surface area contributed by atoms with E-state index in [2.05, 4.69) is 46.4 Å². The van der Waals surface area contributed by atoms with E-state index in [9.17, 15) is 4.79 Å². The van der Waals surface area contributed by atoms with Crippen LogP contribution in [0.25, 0.3) is 11.1 Å². The molecule has 3 aromatic rings. The molecule has 1 aliphatic heterocycles. The highest BCUT2D eigenvalue weighted by Crippen LogP contribution is 2.35. The van der Waals surface area contributed by atoms with Gasteiger partial charge >= 0.3 is 0 Å². The largest absolute Gasteiger partial charge is 0.337 e. The van der Waals surface area contributed by atoms with Crippen LogP contribution in [0.15, 0.2) is 40.2 Å². The number of thioether (sulfide) groups is 1. The highest BCUT2D eigenvalue weighted by molar-refractivity contribution is 8.00. The Morgan fingerprint density at radius 3 is 2.74 bits per heavy atom. The van der Waals surface area contributed by atoms with Gasteiger partial charge in [-0.3, -0.25) is 9.89 Å². The molecule has 0 saturated carbocycles. The molecule has 5 nitrogen and oxygen atoms in total. The molecule has 1 saturated heterocycles. The topological polar surface area (TPSA) is 61.9 Å². The lowest BCUT2D eigenvalue weighted by Gasteiger charge is -2.31. The third kappa shape index (κ3) is 3.66. The van der Waals surface area contributed by atoms with Crippen molar-refractivity contribution in [2.45, 2.75) is 30.0 Å². The van der Waals surface area contributed by atoms with E-state index in [1.807, 2.05) is 22.7 Å². The van der Waals surface area contributed by atoms with Gasteiger partial charge in [-0.25, -0.2) is 4.98 Å². The molecule has 1 amide bonds. The summed E-state index contributed by atoms with van der Waals surface area (Å²) in [6.45, 7) is 3.63. The minimum atomic E-state index is 0.0498. The average Bonchev–Trinajstić information content (AvgIpc) is 3.37. The van der Waals surface area contributed by atoms with E-state index >= 15 is 0 Å². The third-order valence-corrected chi connectivity index (χ3v) is 7.03. The number of H-pyrrole nitrogens is 1. The van der Waals surface area contributed by atoms with Crippen LogP contribution >= 0.6 is 23.1 Å². The second-order valence-corrected chi connectivity index (χ2v) is 8.69. The zero-order chi connectivity index (χ0) is 18.8.